The molecule has 0 saturated carbocycles. The smallest absolute Gasteiger partial charge is 0.326 e. The van der Waals surface area contributed by atoms with Crippen LogP contribution in [0.1, 0.15) is 27.9 Å². The summed E-state index contributed by atoms with van der Waals surface area (Å²) < 4.78 is 5.80. The molecule has 2 aromatic carbocycles. The zero-order chi connectivity index (χ0) is 22.9. The number of carbonyl (C=O) groups excluding carboxylic acids is 1. The van der Waals surface area contributed by atoms with Crippen molar-refractivity contribution in [2.75, 3.05) is 12.0 Å². The summed E-state index contributed by atoms with van der Waals surface area (Å²) in [6.07, 6.45) is 5.59. The second kappa shape index (κ2) is 11.3. The van der Waals surface area contributed by atoms with E-state index in [0.29, 0.717) is 30.1 Å². The molecule has 6 nitrogen and oxygen atoms in total. The molecule has 0 saturated heterocycles. The number of benzene rings is 2. The van der Waals surface area contributed by atoms with E-state index in [-0.39, 0.29) is 0 Å². The number of carbonyl (C=O) groups is 2. The first-order valence-electron chi connectivity index (χ1n) is 10.2. The molecule has 1 amide bonds. The molecule has 0 aliphatic heterocycles. The van der Waals surface area contributed by atoms with Crippen LogP contribution in [0.4, 0.5) is 0 Å². The van der Waals surface area contributed by atoms with Crippen molar-refractivity contribution in [1.29, 1.82) is 0 Å². The Labute approximate surface area is 192 Å². The molecular weight excluding hydrogens is 424 g/mol. The van der Waals surface area contributed by atoms with E-state index in [1.165, 1.54) is 0 Å². The van der Waals surface area contributed by atoms with Crippen LogP contribution in [0.3, 0.4) is 0 Å². The number of nitrogens with one attached hydrogen (secondary N) is 1. The van der Waals surface area contributed by atoms with Gasteiger partial charge in [-0.1, -0.05) is 35.9 Å². The molecule has 32 heavy (non-hydrogen) atoms. The van der Waals surface area contributed by atoms with Gasteiger partial charge < -0.3 is 15.2 Å². The minimum atomic E-state index is -1.04. The lowest BCUT2D eigenvalue weighted by molar-refractivity contribution is -0.139. The second-order valence-electron chi connectivity index (χ2n) is 7.37. The van der Waals surface area contributed by atoms with Crippen molar-refractivity contribution >= 4 is 23.6 Å². The molecule has 3 aromatic rings. The summed E-state index contributed by atoms with van der Waals surface area (Å²) in [5, 5.41) is 12.2. The minimum absolute atomic E-state index is 0.317. The Morgan fingerprint density at radius 1 is 1.16 bits per heavy atom. The van der Waals surface area contributed by atoms with E-state index in [0.717, 1.165) is 22.3 Å². The van der Waals surface area contributed by atoms with E-state index < -0.39 is 17.9 Å². The number of rotatable bonds is 10. The lowest BCUT2D eigenvalue weighted by atomic mass is 9.96. The van der Waals surface area contributed by atoms with Gasteiger partial charge in [-0.3, -0.25) is 9.78 Å². The first-order chi connectivity index (χ1) is 15.5. The maximum atomic E-state index is 13.1. The number of ether oxygens (including phenoxy) is 1. The third kappa shape index (κ3) is 6.34. The van der Waals surface area contributed by atoms with Crippen molar-refractivity contribution in [2.45, 2.75) is 26.0 Å². The van der Waals surface area contributed by atoms with Crippen molar-refractivity contribution in [2.24, 2.45) is 0 Å². The summed E-state index contributed by atoms with van der Waals surface area (Å²) in [7, 11) is 0. The number of amides is 1. The van der Waals surface area contributed by atoms with E-state index in [4.69, 9.17) is 4.74 Å². The van der Waals surface area contributed by atoms with Crippen LogP contribution >= 0.6 is 11.8 Å². The number of aliphatic carboxylic acids is 1. The highest BCUT2D eigenvalue weighted by Crippen LogP contribution is 2.27. The maximum absolute atomic E-state index is 13.1. The molecular formula is C25H26N2O4S. The summed E-state index contributed by atoms with van der Waals surface area (Å²) in [5.41, 5.74) is 4.02. The van der Waals surface area contributed by atoms with Crippen LogP contribution in [0.15, 0.2) is 67.0 Å². The van der Waals surface area contributed by atoms with Gasteiger partial charge in [0.25, 0.3) is 5.91 Å². The fourth-order valence-corrected chi connectivity index (χ4v) is 3.65. The largest absolute Gasteiger partial charge is 0.487 e. The molecule has 0 spiro atoms. The van der Waals surface area contributed by atoms with E-state index in [9.17, 15) is 14.7 Å². The molecule has 7 heteroatoms. The van der Waals surface area contributed by atoms with Gasteiger partial charge in [0.1, 0.15) is 18.4 Å². The highest BCUT2D eigenvalue weighted by molar-refractivity contribution is 7.98. The molecule has 0 aliphatic rings. The number of hydrogen-bond donors (Lipinski definition) is 2. The first-order valence-corrected chi connectivity index (χ1v) is 11.6. The highest BCUT2D eigenvalue weighted by atomic mass is 32.2. The van der Waals surface area contributed by atoms with Crippen LogP contribution in [-0.2, 0) is 11.4 Å². The van der Waals surface area contributed by atoms with Crippen molar-refractivity contribution in [3.8, 4) is 16.9 Å². The average molecular weight is 451 g/mol. The fraction of sp³-hybridized carbons (Fsp3) is 0.240. The van der Waals surface area contributed by atoms with Crippen LogP contribution in [0.5, 0.6) is 5.75 Å². The molecule has 1 aromatic heterocycles. The molecule has 0 radical (unpaired) electrons. The lowest BCUT2D eigenvalue weighted by Gasteiger charge is -2.17. The third-order valence-electron chi connectivity index (χ3n) is 4.95. The summed E-state index contributed by atoms with van der Waals surface area (Å²) >= 11 is 1.54. The van der Waals surface area contributed by atoms with Gasteiger partial charge in [0, 0.05) is 11.8 Å². The zero-order valence-electron chi connectivity index (χ0n) is 18.1. The van der Waals surface area contributed by atoms with Gasteiger partial charge in [0.05, 0.1) is 6.20 Å². The molecule has 1 atom stereocenters. The van der Waals surface area contributed by atoms with Crippen LogP contribution in [0, 0.1) is 6.92 Å². The standard InChI is InChI=1S/C25H26N2O4S/c1-17-5-8-19(9-6-17)22-14-18(16-31-20-4-3-12-26-15-20)7-10-21(22)24(28)27-23(25(29)30)11-13-32-2/h3-10,12,14-15,23H,11,13,16H2,1-2H3,(H,27,28)(H,29,30)/t23-/m0/s1. The fourth-order valence-electron chi connectivity index (χ4n) is 3.18. The van der Waals surface area contributed by atoms with Crippen LogP contribution < -0.4 is 10.1 Å². The van der Waals surface area contributed by atoms with Gasteiger partial charge in [0.2, 0.25) is 0 Å². The topological polar surface area (TPSA) is 88.5 Å². The summed E-state index contributed by atoms with van der Waals surface area (Å²) in [6.45, 7) is 2.32. The quantitative estimate of drug-likeness (QED) is 0.470. The van der Waals surface area contributed by atoms with E-state index in [2.05, 4.69) is 10.3 Å². The van der Waals surface area contributed by atoms with Crippen molar-refractivity contribution in [3.63, 3.8) is 0 Å². The number of hydrogen-bond acceptors (Lipinski definition) is 5. The molecule has 3 rings (SSSR count). The Bertz CT molecular complexity index is 1060. The molecule has 166 valence electrons. The first kappa shape index (κ1) is 23.3. The van der Waals surface area contributed by atoms with Gasteiger partial charge in [-0.25, -0.2) is 4.79 Å². The summed E-state index contributed by atoms with van der Waals surface area (Å²) in [4.78, 5) is 28.7. The predicted molar refractivity (Wildman–Crippen MR) is 127 cm³/mol. The van der Waals surface area contributed by atoms with Crippen molar-refractivity contribution < 1.29 is 19.4 Å². The monoisotopic (exact) mass is 450 g/mol. The SMILES string of the molecule is CSCC[C@H](NC(=O)c1ccc(COc2cccnc2)cc1-c1ccc(C)cc1)C(=O)O. The number of carboxylic acids is 1. The molecule has 0 fully saturated rings. The number of aryl methyl sites for hydroxylation is 1. The van der Waals surface area contributed by atoms with E-state index in [1.54, 1.807) is 36.3 Å². The predicted octanol–water partition coefficient (Wildman–Crippen LogP) is 4.57. The number of aromatic nitrogens is 1. The zero-order valence-corrected chi connectivity index (χ0v) is 18.9. The summed E-state index contributed by atoms with van der Waals surface area (Å²) in [5.74, 6) is -0.143. The van der Waals surface area contributed by atoms with Crippen molar-refractivity contribution in [1.82, 2.24) is 10.3 Å². The average Bonchev–Trinajstić information content (AvgIpc) is 2.81. The highest BCUT2D eigenvalue weighted by Gasteiger charge is 2.22. The third-order valence-corrected chi connectivity index (χ3v) is 5.59. The number of pyridine rings is 1. The second-order valence-corrected chi connectivity index (χ2v) is 8.35. The Balaban J connectivity index is 1.89. The van der Waals surface area contributed by atoms with Gasteiger partial charge in [-0.2, -0.15) is 11.8 Å². The van der Waals surface area contributed by atoms with E-state index >= 15 is 0 Å². The molecule has 0 bridgehead atoms. The van der Waals surface area contributed by atoms with Gasteiger partial charge in [0.15, 0.2) is 0 Å². The Hall–Kier alpha value is -3.32. The van der Waals surface area contributed by atoms with Crippen molar-refractivity contribution in [3.05, 3.63) is 83.7 Å². The van der Waals surface area contributed by atoms with Gasteiger partial charge in [-0.05, 0) is 66.3 Å². The minimum Gasteiger partial charge on any atom is -0.487 e. The van der Waals surface area contributed by atoms with Crippen LogP contribution in [0.2, 0.25) is 0 Å². The summed E-state index contributed by atoms with van der Waals surface area (Å²) in [6, 6.07) is 16.0. The van der Waals surface area contributed by atoms with Crippen LogP contribution in [-0.4, -0.2) is 40.0 Å². The molecule has 1 heterocycles. The molecule has 2 N–H and O–H groups in total. The van der Waals surface area contributed by atoms with Gasteiger partial charge in [-0.15, -0.1) is 0 Å². The normalized spacial score (nSPS) is 11.6. The molecule has 0 aliphatic carbocycles. The van der Waals surface area contributed by atoms with Gasteiger partial charge >= 0.3 is 5.97 Å². The Morgan fingerprint density at radius 2 is 1.94 bits per heavy atom. The lowest BCUT2D eigenvalue weighted by Crippen LogP contribution is -2.41. The molecule has 0 unspecified atom stereocenters. The Morgan fingerprint density at radius 3 is 2.59 bits per heavy atom. The van der Waals surface area contributed by atoms with E-state index in [1.807, 2.05) is 55.6 Å². The number of nitrogens with zero attached hydrogens (tertiary/aromatic N) is 1. The maximum Gasteiger partial charge on any atom is 0.326 e. The number of carboxylic acid groups (broad SMARTS) is 1. The number of thioether (sulfide) groups is 1. The van der Waals surface area contributed by atoms with Crippen LogP contribution in [0.25, 0.3) is 11.1 Å². The Kier molecular flexibility index (Phi) is 8.27.